The van der Waals surface area contributed by atoms with Gasteiger partial charge in [-0.25, -0.2) is 0 Å². The molecular formula is C14H19F3N2O2. The second kappa shape index (κ2) is 6.69. The Hall–Kier alpha value is -1.92. The molecule has 0 aliphatic carbocycles. The van der Waals surface area contributed by atoms with Crippen LogP contribution >= 0.6 is 0 Å². The standard InChI is InChI=1S/C14H19F3N2O2/c1-3-9(4-2)19(8-14(15,16)17)13(21)11-7-10(20)5-6-12(11)18/h5-7,9,20H,3-4,8,18H2,1-2H3. The molecule has 1 rings (SSSR count). The van der Waals surface area contributed by atoms with Crippen LogP contribution in [-0.4, -0.2) is 34.7 Å². The van der Waals surface area contributed by atoms with Crippen molar-refractivity contribution in [3.63, 3.8) is 0 Å². The summed E-state index contributed by atoms with van der Waals surface area (Å²) in [5.74, 6) is -1.04. The fraction of sp³-hybridized carbons (Fsp3) is 0.500. The van der Waals surface area contributed by atoms with E-state index in [0.717, 1.165) is 11.0 Å². The van der Waals surface area contributed by atoms with Crippen LogP contribution < -0.4 is 5.73 Å². The highest BCUT2D eigenvalue weighted by molar-refractivity contribution is 5.99. The topological polar surface area (TPSA) is 66.6 Å². The number of carbonyl (C=O) groups is 1. The van der Waals surface area contributed by atoms with Crippen molar-refractivity contribution in [1.29, 1.82) is 0 Å². The fourth-order valence-corrected chi connectivity index (χ4v) is 2.17. The van der Waals surface area contributed by atoms with Gasteiger partial charge >= 0.3 is 6.18 Å². The minimum Gasteiger partial charge on any atom is -0.508 e. The average molecular weight is 304 g/mol. The van der Waals surface area contributed by atoms with Gasteiger partial charge in [0, 0.05) is 11.7 Å². The Kier molecular flexibility index (Phi) is 5.46. The molecule has 0 radical (unpaired) electrons. The first-order chi connectivity index (χ1) is 9.69. The van der Waals surface area contributed by atoms with Crippen LogP contribution in [0.5, 0.6) is 5.75 Å². The molecule has 0 aliphatic heterocycles. The van der Waals surface area contributed by atoms with Crippen molar-refractivity contribution in [3.8, 4) is 5.75 Å². The van der Waals surface area contributed by atoms with E-state index in [4.69, 9.17) is 5.73 Å². The molecule has 0 unspecified atom stereocenters. The lowest BCUT2D eigenvalue weighted by atomic mass is 10.1. The van der Waals surface area contributed by atoms with E-state index in [-0.39, 0.29) is 17.0 Å². The molecule has 21 heavy (non-hydrogen) atoms. The Labute approximate surface area is 121 Å². The summed E-state index contributed by atoms with van der Waals surface area (Å²) >= 11 is 0. The van der Waals surface area contributed by atoms with Gasteiger partial charge in [0.1, 0.15) is 12.3 Å². The van der Waals surface area contributed by atoms with Crippen LogP contribution in [0.3, 0.4) is 0 Å². The number of hydrogen-bond donors (Lipinski definition) is 2. The van der Waals surface area contributed by atoms with Gasteiger partial charge in [0.15, 0.2) is 0 Å². The minimum atomic E-state index is -4.50. The predicted molar refractivity (Wildman–Crippen MR) is 74.0 cm³/mol. The number of hydrogen-bond acceptors (Lipinski definition) is 3. The van der Waals surface area contributed by atoms with E-state index in [1.807, 2.05) is 0 Å². The number of amides is 1. The van der Waals surface area contributed by atoms with E-state index in [9.17, 15) is 23.1 Å². The maximum atomic E-state index is 12.7. The highest BCUT2D eigenvalue weighted by Gasteiger charge is 2.36. The van der Waals surface area contributed by atoms with Gasteiger partial charge in [0.05, 0.1) is 5.56 Å². The van der Waals surface area contributed by atoms with Crippen LogP contribution in [0, 0.1) is 0 Å². The summed E-state index contributed by atoms with van der Waals surface area (Å²) in [5.41, 5.74) is 5.55. The molecule has 1 amide bonds. The number of nitrogen functional groups attached to an aromatic ring is 1. The molecule has 1 aromatic rings. The zero-order chi connectivity index (χ0) is 16.2. The van der Waals surface area contributed by atoms with E-state index < -0.39 is 24.7 Å². The van der Waals surface area contributed by atoms with Crippen LogP contribution in [-0.2, 0) is 0 Å². The Morgan fingerprint density at radius 3 is 2.38 bits per heavy atom. The predicted octanol–water partition coefficient (Wildman–Crippen LogP) is 3.17. The SMILES string of the molecule is CCC(CC)N(CC(F)(F)F)C(=O)c1cc(O)ccc1N. The summed E-state index contributed by atoms with van der Waals surface area (Å²) in [7, 11) is 0. The van der Waals surface area contributed by atoms with Crippen LogP contribution in [0.4, 0.5) is 18.9 Å². The monoisotopic (exact) mass is 304 g/mol. The van der Waals surface area contributed by atoms with Crippen molar-refractivity contribution in [3.05, 3.63) is 23.8 Å². The molecule has 0 heterocycles. The zero-order valence-electron chi connectivity index (χ0n) is 11.9. The maximum absolute atomic E-state index is 12.7. The summed E-state index contributed by atoms with van der Waals surface area (Å²) in [4.78, 5) is 13.2. The lowest BCUT2D eigenvalue weighted by Crippen LogP contribution is -2.45. The van der Waals surface area contributed by atoms with Crippen LogP contribution in [0.1, 0.15) is 37.0 Å². The number of alkyl halides is 3. The van der Waals surface area contributed by atoms with E-state index in [1.54, 1.807) is 13.8 Å². The molecule has 4 nitrogen and oxygen atoms in total. The highest BCUT2D eigenvalue weighted by atomic mass is 19.4. The number of nitrogens with two attached hydrogens (primary N) is 1. The third-order valence-electron chi connectivity index (χ3n) is 3.26. The summed E-state index contributed by atoms with van der Waals surface area (Å²) in [6.07, 6.45) is -3.70. The normalized spacial score (nSPS) is 11.7. The molecule has 0 bridgehead atoms. The molecule has 0 aromatic heterocycles. The highest BCUT2D eigenvalue weighted by Crippen LogP contribution is 2.26. The number of halogens is 3. The Morgan fingerprint density at radius 2 is 1.90 bits per heavy atom. The van der Waals surface area contributed by atoms with Crippen LogP contribution in [0.2, 0.25) is 0 Å². The molecule has 3 N–H and O–H groups in total. The number of aromatic hydroxyl groups is 1. The summed E-state index contributed by atoms with van der Waals surface area (Å²) in [5, 5.41) is 9.41. The molecule has 7 heteroatoms. The van der Waals surface area contributed by atoms with E-state index in [0.29, 0.717) is 12.8 Å². The Morgan fingerprint density at radius 1 is 1.33 bits per heavy atom. The quantitative estimate of drug-likeness (QED) is 0.648. The first-order valence-electron chi connectivity index (χ1n) is 6.65. The molecule has 0 fully saturated rings. The molecule has 0 saturated heterocycles. The molecule has 1 aromatic carbocycles. The second-order valence-electron chi connectivity index (χ2n) is 4.79. The van der Waals surface area contributed by atoms with Gasteiger partial charge in [-0.15, -0.1) is 0 Å². The van der Waals surface area contributed by atoms with Gasteiger partial charge in [-0.2, -0.15) is 13.2 Å². The van der Waals surface area contributed by atoms with E-state index in [2.05, 4.69) is 0 Å². The number of phenolic OH excluding ortho intramolecular Hbond substituents is 1. The second-order valence-corrected chi connectivity index (χ2v) is 4.79. The lowest BCUT2D eigenvalue weighted by Gasteiger charge is -2.31. The lowest BCUT2D eigenvalue weighted by molar-refractivity contribution is -0.144. The molecule has 0 atom stereocenters. The molecule has 0 saturated carbocycles. The van der Waals surface area contributed by atoms with Gasteiger partial charge < -0.3 is 15.7 Å². The van der Waals surface area contributed by atoms with E-state index >= 15 is 0 Å². The van der Waals surface area contributed by atoms with Gasteiger partial charge in [0.25, 0.3) is 5.91 Å². The van der Waals surface area contributed by atoms with Crippen molar-refractivity contribution in [2.24, 2.45) is 0 Å². The number of phenols is 1. The largest absolute Gasteiger partial charge is 0.508 e. The number of rotatable bonds is 5. The minimum absolute atomic E-state index is 0.0379. The van der Waals surface area contributed by atoms with Gasteiger partial charge in [0.2, 0.25) is 0 Å². The summed E-state index contributed by atoms with van der Waals surface area (Å²) in [6.45, 7) is 2.10. The maximum Gasteiger partial charge on any atom is 0.406 e. The molecule has 0 spiro atoms. The number of nitrogens with zero attached hydrogens (tertiary/aromatic N) is 1. The van der Waals surface area contributed by atoms with Crippen molar-refractivity contribution in [2.45, 2.75) is 38.9 Å². The van der Waals surface area contributed by atoms with Crippen molar-refractivity contribution in [2.75, 3.05) is 12.3 Å². The third kappa shape index (κ3) is 4.54. The molecule has 0 aliphatic rings. The van der Waals surface area contributed by atoms with Crippen molar-refractivity contribution in [1.82, 2.24) is 4.90 Å². The summed E-state index contributed by atoms with van der Waals surface area (Å²) in [6, 6.07) is 3.11. The average Bonchev–Trinajstić information content (AvgIpc) is 2.39. The number of carbonyl (C=O) groups excluding carboxylic acids is 1. The van der Waals surface area contributed by atoms with Crippen LogP contribution in [0.25, 0.3) is 0 Å². The zero-order valence-corrected chi connectivity index (χ0v) is 11.9. The molecular weight excluding hydrogens is 285 g/mol. The van der Waals surface area contributed by atoms with Gasteiger partial charge in [-0.05, 0) is 31.0 Å². The number of benzene rings is 1. The first-order valence-corrected chi connectivity index (χ1v) is 6.65. The van der Waals surface area contributed by atoms with E-state index in [1.165, 1.54) is 12.1 Å². The Balaban J connectivity index is 3.18. The van der Waals surface area contributed by atoms with Crippen molar-refractivity contribution >= 4 is 11.6 Å². The Bertz CT molecular complexity index is 499. The smallest absolute Gasteiger partial charge is 0.406 e. The number of anilines is 1. The first kappa shape index (κ1) is 17.1. The fourth-order valence-electron chi connectivity index (χ4n) is 2.17. The van der Waals surface area contributed by atoms with Crippen molar-refractivity contribution < 1.29 is 23.1 Å². The van der Waals surface area contributed by atoms with Gasteiger partial charge in [-0.1, -0.05) is 13.8 Å². The third-order valence-corrected chi connectivity index (χ3v) is 3.26. The van der Waals surface area contributed by atoms with Gasteiger partial charge in [-0.3, -0.25) is 4.79 Å². The molecule has 118 valence electrons. The summed E-state index contributed by atoms with van der Waals surface area (Å²) < 4.78 is 38.2. The van der Waals surface area contributed by atoms with Crippen LogP contribution in [0.15, 0.2) is 18.2 Å².